The number of hydrogen-bond donors (Lipinski definition) is 2. The zero-order valence-electron chi connectivity index (χ0n) is 12.8. The molecule has 24 heavy (non-hydrogen) atoms. The Labute approximate surface area is 143 Å². The highest BCUT2D eigenvalue weighted by Crippen LogP contribution is 2.30. The van der Waals surface area contributed by atoms with E-state index in [0.717, 1.165) is 0 Å². The minimum atomic E-state index is -0.937. The summed E-state index contributed by atoms with van der Waals surface area (Å²) in [4.78, 5) is 12.5. The maximum absolute atomic E-state index is 12.5. The van der Waals surface area contributed by atoms with Crippen LogP contribution in [0.25, 0.3) is 11.3 Å². The van der Waals surface area contributed by atoms with Crippen molar-refractivity contribution in [1.29, 1.82) is 0 Å². The van der Waals surface area contributed by atoms with E-state index in [2.05, 4.69) is 10.5 Å². The van der Waals surface area contributed by atoms with E-state index in [4.69, 9.17) is 20.5 Å². The number of aliphatic hydroxyl groups is 1. The van der Waals surface area contributed by atoms with Crippen LogP contribution in [0, 0.1) is 6.92 Å². The van der Waals surface area contributed by atoms with Crippen LogP contribution in [0.3, 0.4) is 0 Å². The van der Waals surface area contributed by atoms with Crippen LogP contribution in [0.2, 0.25) is 5.02 Å². The molecule has 3 aromatic rings. The number of aryl methyl sites for hydroxylation is 1. The third-order valence-corrected chi connectivity index (χ3v) is 3.88. The Bertz CT molecular complexity index is 842. The van der Waals surface area contributed by atoms with Crippen molar-refractivity contribution in [3.05, 3.63) is 64.8 Å². The number of aromatic nitrogens is 1. The van der Waals surface area contributed by atoms with Gasteiger partial charge in [0.1, 0.15) is 28.9 Å². The van der Waals surface area contributed by atoms with Crippen molar-refractivity contribution >= 4 is 17.5 Å². The summed E-state index contributed by atoms with van der Waals surface area (Å²) in [6, 6.07) is 10.4. The SMILES string of the molecule is Cc1onc(-c2ccccc2Cl)c1C(=O)NCC(O)c1ccco1. The molecular formula is C17H15ClN2O4. The van der Waals surface area contributed by atoms with E-state index < -0.39 is 12.0 Å². The monoisotopic (exact) mass is 346 g/mol. The largest absolute Gasteiger partial charge is 0.467 e. The summed E-state index contributed by atoms with van der Waals surface area (Å²) in [5.74, 6) is 0.341. The van der Waals surface area contributed by atoms with Crippen molar-refractivity contribution < 1.29 is 18.8 Å². The van der Waals surface area contributed by atoms with Crippen molar-refractivity contribution in [1.82, 2.24) is 10.5 Å². The lowest BCUT2D eigenvalue weighted by atomic mass is 10.1. The quantitative estimate of drug-likeness (QED) is 0.739. The molecule has 6 nitrogen and oxygen atoms in total. The van der Waals surface area contributed by atoms with E-state index in [9.17, 15) is 9.90 Å². The summed E-state index contributed by atoms with van der Waals surface area (Å²) in [7, 11) is 0. The van der Waals surface area contributed by atoms with Gasteiger partial charge in [-0.2, -0.15) is 0 Å². The second-order valence-electron chi connectivity index (χ2n) is 5.18. The van der Waals surface area contributed by atoms with Crippen LogP contribution in [0.15, 0.2) is 51.6 Å². The molecule has 1 atom stereocenters. The number of aliphatic hydroxyl groups excluding tert-OH is 1. The number of carbonyl (C=O) groups is 1. The van der Waals surface area contributed by atoms with E-state index >= 15 is 0 Å². The van der Waals surface area contributed by atoms with E-state index in [0.29, 0.717) is 27.8 Å². The number of nitrogens with one attached hydrogen (secondary N) is 1. The average molecular weight is 347 g/mol. The van der Waals surface area contributed by atoms with Crippen molar-refractivity contribution in [3.8, 4) is 11.3 Å². The van der Waals surface area contributed by atoms with Gasteiger partial charge in [0.15, 0.2) is 0 Å². The van der Waals surface area contributed by atoms with Crippen molar-refractivity contribution in [3.63, 3.8) is 0 Å². The molecule has 0 radical (unpaired) electrons. The lowest BCUT2D eigenvalue weighted by Crippen LogP contribution is -2.28. The molecule has 2 heterocycles. The molecule has 124 valence electrons. The van der Waals surface area contributed by atoms with E-state index in [-0.39, 0.29) is 12.1 Å². The molecule has 0 saturated heterocycles. The fourth-order valence-corrected chi connectivity index (χ4v) is 2.56. The van der Waals surface area contributed by atoms with Gasteiger partial charge in [-0.05, 0) is 25.1 Å². The Balaban J connectivity index is 1.81. The van der Waals surface area contributed by atoms with Gasteiger partial charge >= 0.3 is 0 Å². The minimum absolute atomic E-state index is 0.00106. The number of furan rings is 1. The third kappa shape index (κ3) is 3.20. The molecule has 1 unspecified atom stereocenters. The van der Waals surface area contributed by atoms with Gasteiger partial charge in [0, 0.05) is 5.56 Å². The molecule has 7 heteroatoms. The molecule has 1 aromatic carbocycles. The zero-order valence-corrected chi connectivity index (χ0v) is 13.6. The van der Waals surface area contributed by atoms with Crippen LogP contribution in [0.4, 0.5) is 0 Å². The fraction of sp³-hybridized carbons (Fsp3) is 0.176. The highest BCUT2D eigenvalue weighted by Gasteiger charge is 2.23. The Morgan fingerprint density at radius 3 is 2.83 bits per heavy atom. The van der Waals surface area contributed by atoms with E-state index in [1.165, 1.54) is 6.26 Å². The normalized spacial score (nSPS) is 12.1. The van der Waals surface area contributed by atoms with Crippen molar-refractivity contribution in [2.75, 3.05) is 6.54 Å². The van der Waals surface area contributed by atoms with Crippen LogP contribution >= 0.6 is 11.6 Å². The molecule has 1 amide bonds. The lowest BCUT2D eigenvalue weighted by Gasteiger charge is -2.10. The Morgan fingerprint density at radius 2 is 2.12 bits per heavy atom. The first-order valence-corrected chi connectivity index (χ1v) is 7.66. The second-order valence-corrected chi connectivity index (χ2v) is 5.59. The topological polar surface area (TPSA) is 88.5 Å². The zero-order chi connectivity index (χ0) is 17.1. The van der Waals surface area contributed by atoms with E-state index in [1.54, 1.807) is 43.3 Å². The summed E-state index contributed by atoms with van der Waals surface area (Å²) in [6.45, 7) is 1.64. The smallest absolute Gasteiger partial charge is 0.257 e. The molecule has 3 rings (SSSR count). The number of halogens is 1. The molecule has 0 spiro atoms. The molecule has 2 aromatic heterocycles. The summed E-state index contributed by atoms with van der Waals surface area (Å²) in [6.07, 6.45) is 0.521. The summed E-state index contributed by atoms with van der Waals surface area (Å²) in [5.41, 5.74) is 1.26. The summed E-state index contributed by atoms with van der Waals surface area (Å²) < 4.78 is 10.3. The van der Waals surface area contributed by atoms with Crippen molar-refractivity contribution in [2.24, 2.45) is 0 Å². The molecule has 0 bridgehead atoms. The van der Waals surface area contributed by atoms with Crippen molar-refractivity contribution in [2.45, 2.75) is 13.0 Å². The Kier molecular flexibility index (Phi) is 4.69. The van der Waals surface area contributed by atoms with Gasteiger partial charge in [0.25, 0.3) is 5.91 Å². The molecular weight excluding hydrogens is 332 g/mol. The first-order valence-electron chi connectivity index (χ1n) is 7.28. The van der Waals surface area contributed by atoms with Gasteiger partial charge in [0.2, 0.25) is 0 Å². The fourth-order valence-electron chi connectivity index (χ4n) is 2.34. The number of nitrogens with zero attached hydrogens (tertiary/aromatic N) is 1. The standard InChI is InChI=1S/C17H15ClN2O4/c1-10-15(16(20-24-10)11-5-2-3-6-12(11)18)17(22)19-9-13(21)14-7-4-8-23-14/h2-8,13,21H,9H2,1H3,(H,19,22). The predicted octanol–water partition coefficient (Wildman–Crippen LogP) is 3.36. The van der Waals surface area contributed by atoms with Gasteiger partial charge < -0.3 is 19.4 Å². The first kappa shape index (κ1) is 16.3. The maximum atomic E-state index is 12.5. The first-order chi connectivity index (χ1) is 11.6. The number of carbonyl (C=O) groups excluding carboxylic acids is 1. The summed E-state index contributed by atoms with van der Waals surface area (Å²) in [5, 5.41) is 17.1. The Hall–Kier alpha value is -2.57. The highest BCUT2D eigenvalue weighted by atomic mass is 35.5. The van der Waals surface area contributed by atoms with Crippen LogP contribution < -0.4 is 5.32 Å². The van der Waals surface area contributed by atoms with Crippen LogP contribution in [-0.2, 0) is 0 Å². The molecule has 2 N–H and O–H groups in total. The summed E-state index contributed by atoms with van der Waals surface area (Å²) >= 11 is 6.17. The molecule has 0 saturated carbocycles. The second kappa shape index (κ2) is 6.90. The maximum Gasteiger partial charge on any atom is 0.257 e. The number of amides is 1. The van der Waals surface area contributed by atoms with Gasteiger partial charge in [-0.3, -0.25) is 4.79 Å². The average Bonchev–Trinajstić information content (AvgIpc) is 3.22. The van der Waals surface area contributed by atoms with Gasteiger partial charge in [-0.25, -0.2) is 0 Å². The lowest BCUT2D eigenvalue weighted by molar-refractivity contribution is 0.0900. The van der Waals surface area contributed by atoms with Gasteiger partial charge in [-0.1, -0.05) is 35.0 Å². The van der Waals surface area contributed by atoms with Gasteiger partial charge in [-0.15, -0.1) is 0 Å². The molecule has 0 aliphatic heterocycles. The number of hydrogen-bond acceptors (Lipinski definition) is 5. The highest BCUT2D eigenvalue weighted by molar-refractivity contribution is 6.33. The molecule has 0 fully saturated rings. The molecule has 0 aliphatic rings. The van der Waals surface area contributed by atoms with Crippen LogP contribution in [-0.4, -0.2) is 22.7 Å². The van der Waals surface area contributed by atoms with Crippen LogP contribution in [0.1, 0.15) is 28.0 Å². The minimum Gasteiger partial charge on any atom is -0.467 e. The number of benzene rings is 1. The predicted molar refractivity (Wildman–Crippen MR) is 87.7 cm³/mol. The molecule has 0 aliphatic carbocycles. The van der Waals surface area contributed by atoms with E-state index in [1.807, 2.05) is 0 Å². The van der Waals surface area contributed by atoms with Gasteiger partial charge in [0.05, 0.1) is 17.8 Å². The Morgan fingerprint density at radius 1 is 1.33 bits per heavy atom. The third-order valence-electron chi connectivity index (χ3n) is 3.55. The number of rotatable bonds is 5. The van der Waals surface area contributed by atoms with Crippen LogP contribution in [0.5, 0.6) is 0 Å².